The van der Waals surface area contributed by atoms with Crippen molar-refractivity contribution in [2.45, 2.75) is 93.4 Å². The van der Waals surface area contributed by atoms with Crippen LogP contribution in [0.4, 0.5) is 0 Å². The van der Waals surface area contributed by atoms with E-state index in [2.05, 4.69) is 20.8 Å². The molecule has 3 aliphatic carbocycles. The number of hydrogen-bond acceptors (Lipinski definition) is 1. The highest BCUT2D eigenvalue weighted by Gasteiger charge is 2.47. The molecule has 128 valence electrons. The Balaban J connectivity index is 0.000000310. The normalized spacial score (nSPS) is 34.3. The van der Waals surface area contributed by atoms with E-state index < -0.39 is 0 Å². The summed E-state index contributed by atoms with van der Waals surface area (Å²) in [5.74, 6) is 1.95. The Hall–Kier alpha value is -0.0400. The van der Waals surface area contributed by atoms with Gasteiger partial charge in [-0.2, -0.15) is 0 Å². The summed E-state index contributed by atoms with van der Waals surface area (Å²) in [6, 6.07) is 0. The van der Waals surface area contributed by atoms with Crippen LogP contribution in [0.1, 0.15) is 93.4 Å². The van der Waals surface area contributed by atoms with E-state index in [-0.39, 0.29) is 0 Å². The minimum absolute atomic E-state index is 0.509. The highest BCUT2D eigenvalue weighted by Crippen LogP contribution is 2.59. The summed E-state index contributed by atoms with van der Waals surface area (Å²) in [5, 5.41) is 0. The maximum absolute atomic E-state index is 5.12. The molecule has 0 radical (unpaired) electrons. The van der Waals surface area contributed by atoms with Gasteiger partial charge in [0.15, 0.2) is 0 Å². The molecule has 3 aliphatic rings. The summed E-state index contributed by atoms with van der Waals surface area (Å²) in [5.41, 5.74) is 1.41. The van der Waals surface area contributed by atoms with Gasteiger partial charge in [0, 0.05) is 7.11 Å². The minimum atomic E-state index is 0.509. The Morgan fingerprint density at radius 1 is 0.857 bits per heavy atom. The summed E-state index contributed by atoms with van der Waals surface area (Å²) in [7, 11) is 1.79. The predicted octanol–water partition coefficient (Wildman–Crippen LogP) is 6.71. The zero-order chi connectivity index (χ0) is 16.5. The smallest absolute Gasteiger partial charge is 0.0518 e. The van der Waals surface area contributed by atoms with Crippen LogP contribution in [0.2, 0.25) is 0 Å². The molecule has 0 N–H and O–H groups in total. The maximum atomic E-state index is 5.12. The molecule has 0 amide bonds. The molecule has 3 unspecified atom stereocenters. The second-order valence-corrected chi connectivity index (χ2v) is 7.18. The molecule has 3 fully saturated rings. The first-order valence-electron chi connectivity index (χ1n) is 9.51. The molecular weight excluding hydrogens is 256 g/mol. The summed E-state index contributed by atoms with van der Waals surface area (Å²) in [4.78, 5) is 0. The van der Waals surface area contributed by atoms with E-state index >= 15 is 0 Å². The van der Waals surface area contributed by atoms with E-state index in [0.717, 1.165) is 23.9 Å². The fourth-order valence-corrected chi connectivity index (χ4v) is 3.68. The molecule has 21 heavy (non-hydrogen) atoms. The van der Waals surface area contributed by atoms with Crippen molar-refractivity contribution in [3.8, 4) is 0 Å². The molecule has 3 atom stereocenters. The van der Waals surface area contributed by atoms with Crippen LogP contribution in [-0.4, -0.2) is 13.7 Å². The summed E-state index contributed by atoms with van der Waals surface area (Å²) >= 11 is 0. The highest BCUT2D eigenvalue weighted by atomic mass is 16.5. The van der Waals surface area contributed by atoms with Crippen LogP contribution in [0.15, 0.2) is 0 Å². The molecule has 3 saturated carbocycles. The van der Waals surface area contributed by atoms with Crippen LogP contribution in [0.5, 0.6) is 0 Å². The minimum Gasteiger partial charge on any atom is -0.384 e. The van der Waals surface area contributed by atoms with Crippen molar-refractivity contribution in [2.75, 3.05) is 13.7 Å². The molecule has 0 heterocycles. The summed E-state index contributed by atoms with van der Waals surface area (Å²) in [6.07, 6.45) is 10.4. The van der Waals surface area contributed by atoms with Crippen molar-refractivity contribution in [3.05, 3.63) is 0 Å². The molecule has 0 aromatic heterocycles. The van der Waals surface area contributed by atoms with Gasteiger partial charge in [-0.25, -0.2) is 0 Å². The van der Waals surface area contributed by atoms with Gasteiger partial charge >= 0.3 is 0 Å². The van der Waals surface area contributed by atoms with Crippen LogP contribution in [0.25, 0.3) is 0 Å². The molecule has 0 aromatic carbocycles. The first kappa shape index (κ1) is 21.0. The topological polar surface area (TPSA) is 9.23 Å². The van der Waals surface area contributed by atoms with Crippen molar-refractivity contribution in [1.29, 1.82) is 0 Å². The molecule has 1 heteroatoms. The number of hydrogen-bond donors (Lipinski definition) is 0. The maximum Gasteiger partial charge on any atom is 0.0518 e. The lowest BCUT2D eigenvalue weighted by Crippen LogP contribution is -2.43. The second kappa shape index (κ2) is 9.87. The van der Waals surface area contributed by atoms with Crippen LogP contribution >= 0.6 is 0 Å². The van der Waals surface area contributed by atoms with Crippen molar-refractivity contribution < 1.29 is 4.74 Å². The Labute approximate surface area is 135 Å². The Morgan fingerprint density at radius 3 is 1.43 bits per heavy atom. The molecule has 3 rings (SSSR count). The lowest BCUT2D eigenvalue weighted by molar-refractivity contribution is -0.0377. The molecule has 0 aromatic rings. The van der Waals surface area contributed by atoms with E-state index in [1.807, 2.05) is 27.7 Å². The Morgan fingerprint density at radius 2 is 1.38 bits per heavy atom. The molecule has 0 saturated heterocycles. The standard InChI is InChI=1S/C8H16O.C8H14.2C2H6/c1-7-4-5-8(7,2)6-9-3;1-7-3-6-8(7)4-2-5-8;2*1-2/h7H,4-6H2,1-3H3;7H,2-6H2,1H3;2*1-2H3. The van der Waals surface area contributed by atoms with Gasteiger partial charge in [-0.15, -0.1) is 0 Å². The number of ether oxygens (including phenoxy) is 1. The Kier molecular flexibility index (Phi) is 9.85. The molecule has 1 nitrogen and oxygen atoms in total. The van der Waals surface area contributed by atoms with Gasteiger partial charge < -0.3 is 4.74 Å². The quantitative estimate of drug-likeness (QED) is 0.550. The third-order valence-corrected chi connectivity index (χ3v) is 6.28. The van der Waals surface area contributed by atoms with Crippen LogP contribution in [0.3, 0.4) is 0 Å². The fourth-order valence-electron chi connectivity index (χ4n) is 3.68. The third-order valence-electron chi connectivity index (χ3n) is 6.28. The fraction of sp³-hybridized carbons (Fsp3) is 1.00. The average Bonchev–Trinajstić information content (AvgIpc) is 2.47. The highest BCUT2D eigenvalue weighted by molar-refractivity contribution is 4.98. The van der Waals surface area contributed by atoms with Crippen molar-refractivity contribution in [1.82, 2.24) is 0 Å². The third kappa shape index (κ3) is 4.98. The lowest BCUT2D eigenvalue weighted by Gasteiger charge is -2.55. The zero-order valence-electron chi connectivity index (χ0n) is 16.2. The number of rotatable bonds is 2. The Bertz CT molecular complexity index is 251. The molecule has 1 spiro atoms. The first-order valence-corrected chi connectivity index (χ1v) is 9.51. The summed E-state index contributed by atoms with van der Waals surface area (Å²) < 4.78 is 5.12. The van der Waals surface area contributed by atoms with Gasteiger partial charge in [-0.05, 0) is 61.2 Å². The van der Waals surface area contributed by atoms with Gasteiger partial charge in [0.1, 0.15) is 0 Å². The van der Waals surface area contributed by atoms with Crippen molar-refractivity contribution in [2.24, 2.45) is 22.7 Å². The zero-order valence-corrected chi connectivity index (χ0v) is 16.2. The van der Waals surface area contributed by atoms with Crippen LogP contribution in [0, 0.1) is 22.7 Å². The second-order valence-electron chi connectivity index (χ2n) is 7.18. The lowest BCUT2D eigenvalue weighted by atomic mass is 9.50. The van der Waals surface area contributed by atoms with Crippen molar-refractivity contribution >= 4 is 0 Å². The van der Waals surface area contributed by atoms with Gasteiger partial charge in [0.25, 0.3) is 0 Å². The van der Waals surface area contributed by atoms with Gasteiger partial charge in [0.2, 0.25) is 0 Å². The summed E-state index contributed by atoms with van der Waals surface area (Å²) in [6.45, 7) is 16.0. The van der Waals surface area contributed by atoms with Gasteiger partial charge in [0.05, 0.1) is 6.61 Å². The SMILES string of the molecule is CC.CC.CC1CCC12CCC2.COCC1(C)CCC1C. The van der Waals surface area contributed by atoms with E-state index in [0.29, 0.717) is 5.41 Å². The van der Waals surface area contributed by atoms with E-state index in [1.165, 1.54) is 25.7 Å². The molecular formula is C20H42O. The van der Waals surface area contributed by atoms with Gasteiger partial charge in [-0.1, -0.05) is 54.9 Å². The number of methoxy groups -OCH3 is 1. The van der Waals surface area contributed by atoms with E-state index in [4.69, 9.17) is 4.74 Å². The first-order chi connectivity index (χ1) is 10.0. The monoisotopic (exact) mass is 298 g/mol. The predicted molar refractivity (Wildman–Crippen MR) is 95.8 cm³/mol. The average molecular weight is 299 g/mol. The van der Waals surface area contributed by atoms with Crippen molar-refractivity contribution in [3.63, 3.8) is 0 Å². The van der Waals surface area contributed by atoms with Gasteiger partial charge in [-0.3, -0.25) is 0 Å². The largest absolute Gasteiger partial charge is 0.384 e. The van der Waals surface area contributed by atoms with Crippen LogP contribution < -0.4 is 0 Å². The van der Waals surface area contributed by atoms with Crippen LogP contribution in [-0.2, 0) is 4.74 Å². The molecule has 0 aliphatic heterocycles. The van der Waals surface area contributed by atoms with E-state index in [9.17, 15) is 0 Å². The van der Waals surface area contributed by atoms with E-state index in [1.54, 1.807) is 26.4 Å². The molecule has 0 bridgehead atoms.